The zero-order valence-electron chi connectivity index (χ0n) is 19.9. The Balaban J connectivity index is 1.90. The third-order valence-electron chi connectivity index (χ3n) is 5.07. The Morgan fingerprint density at radius 3 is 1.91 bits per heavy atom. The molecule has 0 fully saturated rings. The second-order valence-corrected chi connectivity index (χ2v) is 8.77. The van der Waals surface area contributed by atoms with Gasteiger partial charge in [0, 0.05) is 6.07 Å². The van der Waals surface area contributed by atoms with Gasteiger partial charge in [-0.15, -0.1) is 0 Å². The molecule has 0 aliphatic heterocycles. The molecule has 0 saturated heterocycles. The fraction of sp³-hybridized carbons (Fsp3) is 0.280. The minimum Gasteiger partial charge on any atom is -0.493 e. The van der Waals surface area contributed by atoms with Crippen LogP contribution in [0.1, 0.15) is 29.9 Å². The van der Waals surface area contributed by atoms with E-state index >= 15 is 0 Å². The standard InChI is InChI=1S/C25H27NO7S/c1-25(2,22-11-12-23(34-22)26(27)28)33-19-13-16(9-10-18(19)29-3)7-8-17-14-20(30-4)24(32-6)21(15-17)31-5/h7-15H,1-6H3. The van der Waals surface area contributed by atoms with Crippen molar-refractivity contribution in [3.05, 3.63) is 68.6 Å². The van der Waals surface area contributed by atoms with Crippen LogP contribution in [-0.2, 0) is 5.60 Å². The van der Waals surface area contributed by atoms with E-state index in [2.05, 4.69) is 0 Å². The summed E-state index contributed by atoms with van der Waals surface area (Å²) in [6, 6.07) is 12.5. The van der Waals surface area contributed by atoms with Crippen molar-refractivity contribution in [2.75, 3.05) is 28.4 Å². The number of methoxy groups -OCH3 is 4. The summed E-state index contributed by atoms with van der Waals surface area (Å²) in [6.07, 6.45) is 3.85. The molecular formula is C25H27NO7S. The Kier molecular flexibility index (Phi) is 7.68. The lowest BCUT2D eigenvalue weighted by Crippen LogP contribution is -2.24. The minimum absolute atomic E-state index is 0.0701. The highest BCUT2D eigenvalue weighted by molar-refractivity contribution is 7.15. The van der Waals surface area contributed by atoms with Crippen molar-refractivity contribution in [2.45, 2.75) is 19.4 Å². The molecule has 3 aromatic rings. The highest BCUT2D eigenvalue weighted by Crippen LogP contribution is 2.40. The summed E-state index contributed by atoms with van der Waals surface area (Å²) in [6.45, 7) is 3.72. The minimum atomic E-state index is -0.800. The highest BCUT2D eigenvalue weighted by Gasteiger charge is 2.28. The molecule has 34 heavy (non-hydrogen) atoms. The maximum absolute atomic E-state index is 11.1. The van der Waals surface area contributed by atoms with Crippen LogP contribution >= 0.6 is 11.3 Å². The topological polar surface area (TPSA) is 89.3 Å². The number of ether oxygens (including phenoxy) is 5. The summed E-state index contributed by atoms with van der Waals surface area (Å²) in [5, 5.41) is 11.1. The van der Waals surface area contributed by atoms with Gasteiger partial charge >= 0.3 is 5.00 Å². The van der Waals surface area contributed by atoms with Gasteiger partial charge in [0.1, 0.15) is 5.60 Å². The van der Waals surface area contributed by atoms with Gasteiger partial charge in [0.15, 0.2) is 23.0 Å². The SMILES string of the molecule is COc1ccc(C=Cc2cc(OC)c(OC)c(OC)c2)cc1OC(C)(C)c1ccc([N+](=O)[O-])s1. The van der Waals surface area contributed by atoms with Gasteiger partial charge in [0.2, 0.25) is 5.75 Å². The normalized spacial score (nSPS) is 11.4. The summed E-state index contributed by atoms with van der Waals surface area (Å²) in [5.74, 6) is 2.73. The molecule has 1 aromatic heterocycles. The maximum atomic E-state index is 11.1. The van der Waals surface area contributed by atoms with E-state index in [0.29, 0.717) is 28.7 Å². The number of nitro groups is 1. The molecule has 8 nitrogen and oxygen atoms in total. The molecule has 0 aliphatic carbocycles. The predicted molar refractivity (Wildman–Crippen MR) is 133 cm³/mol. The van der Waals surface area contributed by atoms with Crippen LogP contribution in [-0.4, -0.2) is 33.4 Å². The average Bonchev–Trinajstić information content (AvgIpc) is 3.34. The Bertz CT molecular complexity index is 1170. The quantitative estimate of drug-likeness (QED) is 0.193. The molecule has 0 saturated carbocycles. The van der Waals surface area contributed by atoms with Crippen LogP contribution in [0.2, 0.25) is 0 Å². The number of thiophene rings is 1. The van der Waals surface area contributed by atoms with Crippen LogP contribution in [0.25, 0.3) is 12.2 Å². The number of hydrogen-bond donors (Lipinski definition) is 0. The molecule has 0 atom stereocenters. The Morgan fingerprint density at radius 2 is 1.38 bits per heavy atom. The predicted octanol–water partition coefficient (Wildman–Crippen LogP) is 6.18. The van der Waals surface area contributed by atoms with E-state index in [1.165, 1.54) is 6.07 Å². The van der Waals surface area contributed by atoms with Crippen molar-refractivity contribution >= 4 is 28.5 Å². The number of hydrogen-bond acceptors (Lipinski definition) is 8. The zero-order chi connectivity index (χ0) is 24.9. The molecule has 2 aromatic carbocycles. The summed E-state index contributed by atoms with van der Waals surface area (Å²) in [7, 11) is 6.27. The smallest absolute Gasteiger partial charge is 0.324 e. The van der Waals surface area contributed by atoms with Gasteiger partial charge in [0.25, 0.3) is 0 Å². The van der Waals surface area contributed by atoms with Crippen molar-refractivity contribution in [3.8, 4) is 28.7 Å². The largest absolute Gasteiger partial charge is 0.493 e. The van der Waals surface area contributed by atoms with Crippen molar-refractivity contribution < 1.29 is 28.6 Å². The van der Waals surface area contributed by atoms with Crippen molar-refractivity contribution in [3.63, 3.8) is 0 Å². The highest BCUT2D eigenvalue weighted by atomic mass is 32.1. The molecular weight excluding hydrogens is 458 g/mol. The fourth-order valence-electron chi connectivity index (χ4n) is 3.34. The van der Waals surface area contributed by atoms with Gasteiger partial charge in [-0.1, -0.05) is 29.6 Å². The van der Waals surface area contributed by atoms with Gasteiger partial charge in [-0.05, 0) is 55.3 Å². The molecule has 3 rings (SSSR count). The molecule has 180 valence electrons. The van der Waals surface area contributed by atoms with Crippen molar-refractivity contribution in [1.29, 1.82) is 0 Å². The van der Waals surface area contributed by atoms with E-state index in [1.54, 1.807) is 34.5 Å². The lowest BCUT2D eigenvalue weighted by molar-refractivity contribution is -0.380. The van der Waals surface area contributed by atoms with Crippen LogP contribution < -0.4 is 23.7 Å². The fourth-order valence-corrected chi connectivity index (χ4v) is 4.20. The molecule has 0 N–H and O–H groups in total. The molecule has 0 aliphatic rings. The summed E-state index contributed by atoms with van der Waals surface area (Å²) < 4.78 is 28.0. The summed E-state index contributed by atoms with van der Waals surface area (Å²) in [5.41, 5.74) is 0.933. The second kappa shape index (κ2) is 10.5. The van der Waals surface area contributed by atoms with E-state index in [9.17, 15) is 10.1 Å². The molecule has 0 amide bonds. The van der Waals surface area contributed by atoms with E-state index in [0.717, 1.165) is 27.3 Å². The monoisotopic (exact) mass is 485 g/mol. The second-order valence-electron chi connectivity index (χ2n) is 7.71. The van der Waals surface area contributed by atoms with Crippen molar-refractivity contribution in [2.24, 2.45) is 0 Å². The summed E-state index contributed by atoms with van der Waals surface area (Å²) >= 11 is 1.09. The zero-order valence-corrected chi connectivity index (χ0v) is 20.7. The van der Waals surface area contributed by atoms with Crippen LogP contribution in [0.15, 0.2) is 42.5 Å². The third-order valence-corrected chi connectivity index (χ3v) is 6.42. The molecule has 1 heterocycles. The van der Waals surface area contributed by atoms with E-state index in [1.807, 2.05) is 56.3 Å². The summed E-state index contributed by atoms with van der Waals surface area (Å²) in [4.78, 5) is 11.4. The van der Waals surface area contributed by atoms with E-state index in [-0.39, 0.29) is 5.00 Å². The van der Waals surface area contributed by atoms with Crippen LogP contribution in [0, 0.1) is 10.1 Å². The number of rotatable bonds is 10. The Labute approximate surface area is 202 Å². The lowest BCUT2D eigenvalue weighted by Gasteiger charge is -2.26. The average molecular weight is 486 g/mol. The van der Waals surface area contributed by atoms with Crippen LogP contribution in [0.4, 0.5) is 5.00 Å². The molecule has 0 bridgehead atoms. The van der Waals surface area contributed by atoms with Gasteiger partial charge in [-0.25, -0.2) is 0 Å². The molecule has 0 unspecified atom stereocenters. The first kappa shape index (κ1) is 24.9. The molecule has 0 spiro atoms. The van der Waals surface area contributed by atoms with Gasteiger partial charge in [-0.3, -0.25) is 10.1 Å². The van der Waals surface area contributed by atoms with Crippen LogP contribution in [0.5, 0.6) is 28.7 Å². The van der Waals surface area contributed by atoms with E-state index < -0.39 is 10.5 Å². The first-order chi connectivity index (χ1) is 16.2. The van der Waals surface area contributed by atoms with Gasteiger partial charge < -0.3 is 23.7 Å². The lowest BCUT2D eigenvalue weighted by atomic mass is 10.1. The number of benzene rings is 2. The molecule has 0 radical (unpaired) electrons. The first-order valence-electron chi connectivity index (χ1n) is 10.3. The van der Waals surface area contributed by atoms with Crippen molar-refractivity contribution in [1.82, 2.24) is 0 Å². The van der Waals surface area contributed by atoms with Gasteiger partial charge in [0.05, 0.1) is 38.2 Å². The number of nitrogens with zero attached hydrogens (tertiary/aromatic N) is 1. The van der Waals surface area contributed by atoms with Gasteiger partial charge in [-0.2, -0.15) is 0 Å². The molecule has 9 heteroatoms. The Morgan fingerprint density at radius 1 is 0.794 bits per heavy atom. The van der Waals surface area contributed by atoms with Crippen LogP contribution in [0.3, 0.4) is 0 Å². The first-order valence-corrected chi connectivity index (χ1v) is 11.1. The van der Waals surface area contributed by atoms with E-state index in [4.69, 9.17) is 23.7 Å². The Hall–Kier alpha value is -3.72. The third kappa shape index (κ3) is 5.43. The maximum Gasteiger partial charge on any atom is 0.324 e.